The Balaban J connectivity index is 3.43. The molecule has 1 aromatic rings. The molecule has 0 saturated carbocycles. The van der Waals surface area contributed by atoms with Crippen molar-refractivity contribution in [1.29, 1.82) is 0 Å². The van der Waals surface area contributed by atoms with E-state index in [1.807, 2.05) is 0 Å². The molecule has 0 aliphatic carbocycles. The molecule has 1 rings (SSSR count). The molecule has 10 heavy (non-hydrogen) atoms. The van der Waals surface area contributed by atoms with Crippen LogP contribution in [0.25, 0.3) is 0 Å². The summed E-state index contributed by atoms with van der Waals surface area (Å²) in [6.45, 7) is 0. The minimum Gasteiger partial charge on any atom is -0.430 e. The minimum absolute atomic E-state index is 0.308. The maximum absolute atomic E-state index is 10.5. The van der Waals surface area contributed by atoms with Crippen LogP contribution in [0.4, 0.5) is 0 Å². The van der Waals surface area contributed by atoms with Gasteiger partial charge in [-0.3, -0.25) is 0 Å². The van der Waals surface area contributed by atoms with Gasteiger partial charge in [0.05, 0.1) is 6.26 Å². The van der Waals surface area contributed by atoms with Gasteiger partial charge in [0.1, 0.15) is 0 Å². The van der Waals surface area contributed by atoms with Gasteiger partial charge in [0, 0.05) is 0 Å². The van der Waals surface area contributed by atoms with E-state index in [2.05, 4.69) is 4.42 Å². The van der Waals surface area contributed by atoms with E-state index in [4.69, 9.17) is 0 Å². The van der Waals surface area contributed by atoms with Crippen molar-refractivity contribution in [1.82, 2.24) is 0 Å². The summed E-state index contributed by atoms with van der Waals surface area (Å²) in [7, 11) is -2.82. The van der Waals surface area contributed by atoms with Crippen LogP contribution in [0.15, 0.2) is 27.6 Å². The van der Waals surface area contributed by atoms with E-state index < -0.39 is 13.3 Å². The summed E-state index contributed by atoms with van der Waals surface area (Å²) >= 11 is 0. The van der Waals surface area contributed by atoms with Gasteiger partial charge in [-0.2, -0.15) is 0 Å². The van der Waals surface area contributed by atoms with Crippen molar-refractivity contribution in [2.24, 2.45) is 0 Å². The van der Waals surface area contributed by atoms with Gasteiger partial charge in [-0.05, 0) is 12.1 Å². The molecule has 5 heteroatoms. The summed E-state index contributed by atoms with van der Waals surface area (Å²) in [4.78, 5) is 10.5. The molecular formula is C5H3O4P. The summed E-state index contributed by atoms with van der Waals surface area (Å²) in [5.74, 6) is 0. The molecule has 0 atom stereocenters. The zero-order valence-corrected chi connectivity index (χ0v) is 5.71. The van der Waals surface area contributed by atoms with Crippen LogP contribution in [0.3, 0.4) is 0 Å². The molecule has 0 aromatic carbocycles. The van der Waals surface area contributed by atoms with Crippen LogP contribution in [0, 0.1) is 0 Å². The normalized spacial score (nSPS) is 9.20. The number of hydrogen-bond acceptors (Lipinski definition) is 4. The van der Waals surface area contributed by atoms with Crippen molar-refractivity contribution in [3.8, 4) is 0 Å². The van der Waals surface area contributed by atoms with Crippen molar-refractivity contribution < 1.29 is 13.5 Å². The largest absolute Gasteiger partial charge is 0.430 e. The molecule has 0 bridgehead atoms. The van der Waals surface area contributed by atoms with E-state index in [1.54, 1.807) is 0 Å². The van der Waals surface area contributed by atoms with Crippen LogP contribution in [0.1, 0.15) is 0 Å². The van der Waals surface area contributed by atoms with Crippen LogP contribution in [0.5, 0.6) is 0 Å². The van der Waals surface area contributed by atoms with Gasteiger partial charge in [0.25, 0.3) is 0 Å². The lowest BCUT2D eigenvalue weighted by molar-refractivity contribution is 0.506. The van der Waals surface area contributed by atoms with E-state index >= 15 is 0 Å². The zero-order chi connectivity index (χ0) is 7.56. The highest BCUT2D eigenvalue weighted by molar-refractivity contribution is 7.40. The van der Waals surface area contributed by atoms with Crippen LogP contribution in [0.2, 0.25) is 0 Å². The molecule has 0 N–H and O–H groups in total. The molecule has 1 aromatic heterocycles. The fourth-order valence-corrected chi connectivity index (χ4v) is 0.905. The van der Waals surface area contributed by atoms with Gasteiger partial charge in [-0.1, -0.05) is 0 Å². The summed E-state index contributed by atoms with van der Waals surface area (Å²) in [5, 5.41) is -0.308. The molecule has 0 amide bonds. The van der Waals surface area contributed by atoms with Crippen molar-refractivity contribution in [3.05, 3.63) is 28.8 Å². The molecule has 0 fully saturated rings. The fraction of sp³-hybridized carbons (Fsp3) is 0. The molecule has 52 valence electrons. The minimum atomic E-state index is -2.82. The first-order chi connectivity index (χ1) is 4.72. The first-order valence-corrected chi connectivity index (χ1v) is 3.62. The Hall–Kier alpha value is -1.15. The average Bonchev–Trinajstić information content (AvgIpc) is 1.88. The third-order valence-corrected chi connectivity index (χ3v) is 1.64. The monoisotopic (exact) mass is 158 g/mol. The van der Waals surface area contributed by atoms with E-state index in [-0.39, 0.29) is 5.30 Å². The smallest absolute Gasteiger partial charge is 0.356 e. The van der Waals surface area contributed by atoms with Gasteiger partial charge < -0.3 is 4.42 Å². The van der Waals surface area contributed by atoms with Crippen LogP contribution >= 0.6 is 7.68 Å². The molecule has 4 nitrogen and oxygen atoms in total. The van der Waals surface area contributed by atoms with Crippen molar-refractivity contribution in [3.63, 3.8) is 0 Å². The highest BCUT2D eigenvalue weighted by Gasteiger charge is 2.03. The summed E-state index contributed by atoms with van der Waals surface area (Å²) in [6, 6.07) is 2.54. The molecule has 0 radical (unpaired) electrons. The summed E-state index contributed by atoms with van der Waals surface area (Å²) in [5.41, 5.74) is -0.821. The highest BCUT2D eigenvalue weighted by atomic mass is 31.1. The first kappa shape index (κ1) is 6.96. The summed E-state index contributed by atoms with van der Waals surface area (Å²) in [6.07, 6.45) is 1.13. The Bertz CT molecular complexity index is 341. The highest BCUT2D eigenvalue weighted by Crippen LogP contribution is 1.97. The Kier molecular flexibility index (Phi) is 1.83. The fourth-order valence-electron chi connectivity index (χ4n) is 0.495. The van der Waals surface area contributed by atoms with Crippen molar-refractivity contribution in [2.45, 2.75) is 0 Å². The predicted octanol–water partition coefficient (Wildman–Crippen LogP) is 0.438. The van der Waals surface area contributed by atoms with Crippen LogP contribution < -0.4 is 10.9 Å². The third-order valence-electron chi connectivity index (χ3n) is 0.914. The quantitative estimate of drug-likeness (QED) is 0.556. The van der Waals surface area contributed by atoms with Crippen molar-refractivity contribution in [2.75, 3.05) is 0 Å². The van der Waals surface area contributed by atoms with E-state index in [0.717, 1.165) is 6.26 Å². The van der Waals surface area contributed by atoms with Gasteiger partial charge in [-0.15, -0.1) is 0 Å². The second-order valence-electron chi connectivity index (χ2n) is 1.54. The topological polar surface area (TPSA) is 64.3 Å². The zero-order valence-electron chi connectivity index (χ0n) is 4.81. The second kappa shape index (κ2) is 2.62. The molecule has 0 saturated heterocycles. The third kappa shape index (κ3) is 1.22. The van der Waals surface area contributed by atoms with E-state index in [9.17, 15) is 13.9 Å². The summed E-state index contributed by atoms with van der Waals surface area (Å²) < 4.78 is 24.7. The van der Waals surface area contributed by atoms with Gasteiger partial charge >= 0.3 is 13.3 Å². The molecule has 0 aliphatic rings. The van der Waals surface area contributed by atoms with Crippen molar-refractivity contribution >= 4 is 13.0 Å². The maximum Gasteiger partial charge on any atom is 0.356 e. The predicted molar refractivity (Wildman–Crippen MR) is 32.9 cm³/mol. The number of rotatable bonds is 1. The lowest BCUT2D eigenvalue weighted by Crippen LogP contribution is -2.16. The first-order valence-electron chi connectivity index (χ1n) is 2.44. The average molecular weight is 158 g/mol. The SMILES string of the molecule is O=c1occcc1P(=O)=O. The number of hydrogen-bond donors (Lipinski definition) is 0. The molecule has 0 unspecified atom stereocenters. The van der Waals surface area contributed by atoms with E-state index in [0.29, 0.717) is 0 Å². The Morgan fingerprint density at radius 1 is 1.40 bits per heavy atom. The molecular weight excluding hydrogens is 155 g/mol. The van der Waals surface area contributed by atoms with Crippen LogP contribution in [-0.4, -0.2) is 0 Å². The lowest BCUT2D eigenvalue weighted by Gasteiger charge is -1.80. The lowest BCUT2D eigenvalue weighted by atomic mass is 10.5. The Morgan fingerprint density at radius 2 is 2.10 bits per heavy atom. The maximum atomic E-state index is 10.5. The Morgan fingerprint density at radius 3 is 2.50 bits per heavy atom. The Labute approximate surface area is 56.3 Å². The van der Waals surface area contributed by atoms with Gasteiger partial charge in [0.15, 0.2) is 5.30 Å². The van der Waals surface area contributed by atoms with Crippen LogP contribution in [-0.2, 0) is 9.13 Å². The standard InChI is InChI=1S/C5H3O4P/c6-5-4(10(7)8)2-1-3-9-5/h1-3H. The van der Waals surface area contributed by atoms with Gasteiger partial charge in [-0.25, -0.2) is 13.9 Å². The molecule has 1 heterocycles. The molecule has 0 aliphatic heterocycles. The van der Waals surface area contributed by atoms with Gasteiger partial charge in [0.2, 0.25) is 0 Å². The van der Waals surface area contributed by atoms with E-state index in [1.165, 1.54) is 12.1 Å². The molecule has 0 spiro atoms. The second-order valence-corrected chi connectivity index (χ2v) is 2.54.